The number of carbonyl (C=O) groups is 2. The molecule has 0 spiro atoms. The third kappa shape index (κ3) is 7.79. The van der Waals surface area contributed by atoms with Gasteiger partial charge < -0.3 is 30.9 Å². The second-order valence-corrected chi connectivity index (χ2v) is 11.8. The summed E-state index contributed by atoms with van der Waals surface area (Å²) in [5, 5.41) is 11.9. The van der Waals surface area contributed by atoms with Crippen LogP contribution in [0.25, 0.3) is 0 Å². The summed E-state index contributed by atoms with van der Waals surface area (Å²) in [4.78, 5) is 35.6. The molecule has 5 rings (SSSR count). The lowest BCUT2D eigenvalue weighted by Gasteiger charge is -2.29. The molecule has 2 heterocycles. The maximum atomic E-state index is 14.0. The number of anilines is 3. The number of nitrogens with zero attached hydrogens (tertiary/aromatic N) is 3. The monoisotopic (exact) mass is 615 g/mol. The van der Waals surface area contributed by atoms with Gasteiger partial charge >= 0.3 is 6.18 Å². The molecule has 1 unspecified atom stereocenters. The van der Waals surface area contributed by atoms with Crippen molar-refractivity contribution in [3.8, 4) is 5.75 Å². The number of rotatable bonds is 9. The molecule has 3 aliphatic rings. The first-order chi connectivity index (χ1) is 21.1. The van der Waals surface area contributed by atoms with Crippen molar-refractivity contribution in [2.24, 2.45) is 5.92 Å². The molecule has 2 saturated carbocycles. The van der Waals surface area contributed by atoms with Gasteiger partial charge in [-0.25, -0.2) is 4.98 Å². The zero-order chi connectivity index (χ0) is 31.3. The van der Waals surface area contributed by atoms with Crippen LogP contribution in [0.5, 0.6) is 5.75 Å². The van der Waals surface area contributed by atoms with Gasteiger partial charge in [-0.3, -0.25) is 9.59 Å². The van der Waals surface area contributed by atoms with Crippen molar-refractivity contribution in [3.63, 3.8) is 0 Å². The van der Waals surface area contributed by atoms with Crippen molar-refractivity contribution in [2.45, 2.75) is 76.0 Å². The Morgan fingerprint density at radius 1 is 1.07 bits per heavy atom. The highest BCUT2D eigenvalue weighted by Crippen LogP contribution is 2.37. The molecule has 4 N–H and O–H groups in total. The van der Waals surface area contributed by atoms with Crippen LogP contribution in [-0.2, 0) is 11.0 Å². The molecule has 0 bridgehead atoms. The summed E-state index contributed by atoms with van der Waals surface area (Å²) < 4.78 is 47.5. The van der Waals surface area contributed by atoms with Gasteiger partial charge in [-0.1, -0.05) is 12.8 Å². The summed E-state index contributed by atoms with van der Waals surface area (Å²) in [5.41, 5.74) is 0.648. The number of alkyl halides is 3. The molecule has 238 valence electrons. The van der Waals surface area contributed by atoms with Crippen molar-refractivity contribution in [1.29, 1.82) is 0 Å². The summed E-state index contributed by atoms with van der Waals surface area (Å²) in [6.45, 7) is 1.83. The summed E-state index contributed by atoms with van der Waals surface area (Å²) in [6, 6.07) is 4.48. The Kier molecular flexibility index (Phi) is 9.92. The Balaban J connectivity index is 1.32. The van der Waals surface area contributed by atoms with Gasteiger partial charge in [0.1, 0.15) is 17.1 Å². The number of hydrogen-bond donors (Lipinski definition) is 4. The largest absolute Gasteiger partial charge is 0.495 e. The van der Waals surface area contributed by atoms with Crippen molar-refractivity contribution in [3.05, 3.63) is 47.3 Å². The van der Waals surface area contributed by atoms with E-state index in [-0.39, 0.29) is 35.5 Å². The predicted octanol–water partition coefficient (Wildman–Crippen LogP) is 5.23. The number of piperidine rings is 1. The van der Waals surface area contributed by atoms with Crippen LogP contribution in [0.15, 0.2) is 36.2 Å². The van der Waals surface area contributed by atoms with E-state index >= 15 is 0 Å². The molecule has 1 atom stereocenters. The highest BCUT2D eigenvalue weighted by Gasteiger charge is 2.36. The fourth-order valence-corrected chi connectivity index (χ4v) is 5.73. The molecular weight excluding hydrogens is 575 g/mol. The maximum absolute atomic E-state index is 14.0. The van der Waals surface area contributed by atoms with E-state index in [4.69, 9.17) is 4.74 Å². The fourth-order valence-electron chi connectivity index (χ4n) is 5.73. The lowest BCUT2D eigenvalue weighted by atomic mass is 9.84. The number of carbonyl (C=O) groups excluding carboxylic acids is 2. The Labute approximate surface area is 255 Å². The molecule has 1 aromatic heterocycles. The molecular formula is C31H40F3N7O3. The number of methoxy groups -OCH3 is 1. The minimum Gasteiger partial charge on any atom is -0.495 e. The van der Waals surface area contributed by atoms with E-state index in [0.717, 1.165) is 69.8 Å². The number of benzene rings is 1. The predicted molar refractivity (Wildman–Crippen MR) is 161 cm³/mol. The second kappa shape index (κ2) is 13.8. The average Bonchev–Trinajstić information content (AvgIpc) is 2.96. The zero-order valence-corrected chi connectivity index (χ0v) is 25.1. The Hall–Kier alpha value is -3.87. The Morgan fingerprint density at radius 2 is 1.84 bits per heavy atom. The number of ether oxygens (including phenoxy) is 1. The van der Waals surface area contributed by atoms with Crippen LogP contribution >= 0.6 is 0 Å². The standard InChI is InChI=1S/C31H40F3N7O3/c1-41-14-12-22(13-15-41)37-29(43)20-10-11-25(26(16-20)44-2)39-30-36-18-23(31(32,33)34)27(40-30)38-24-9-4-3-6-21(24)17-35-28(42)19-7-5-8-19/h10-11,16-19,22,24H,3-9,12-15H2,1-2H3,(H,35,42)(H,37,43)(H2,36,38,39,40)/b21-17-. The average molecular weight is 616 g/mol. The molecule has 1 aromatic carbocycles. The smallest absolute Gasteiger partial charge is 0.421 e. The van der Waals surface area contributed by atoms with Crippen LogP contribution in [0.3, 0.4) is 0 Å². The van der Waals surface area contributed by atoms with Crippen molar-refractivity contribution >= 4 is 29.3 Å². The first kappa shape index (κ1) is 31.6. The van der Waals surface area contributed by atoms with Gasteiger partial charge in [0.15, 0.2) is 0 Å². The van der Waals surface area contributed by atoms with Crippen LogP contribution in [-0.4, -0.2) is 66.0 Å². The highest BCUT2D eigenvalue weighted by molar-refractivity contribution is 5.95. The summed E-state index contributed by atoms with van der Waals surface area (Å²) in [5.74, 6) is -0.362. The van der Waals surface area contributed by atoms with Crippen molar-refractivity contribution in [2.75, 3.05) is 37.9 Å². The van der Waals surface area contributed by atoms with Gasteiger partial charge in [0.05, 0.1) is 18.8 Å². The highest BCUT2D eigenvalue weighted by atomic mass is 19.4. The minimum atomic E-state index is -4.68. The quantitative estimate of drug-likeness (QED) is 0.303. The Morgan fingerprint density at radius 3 is 2.52 bits per heavy atom. The first-order valence-electron chi connectivity index (χ1n) is 15.2. The van der Waals surface area contributed by atoms with Gasteiger partial charge in [0.25, 0.3) is 5.91 Å². The maximum Gasteiger partial charge on any atom is 0.421 e. The van der Waals surface area contributed by atoms with Gasteiger partial charge in [-0.15, -0.1) is 0 Å². The van der Waals surface area contributed by atoms with E-state index in [9.17, 15) is 22.8 Å². The number of halogens is 3. The minimum absolute atomic E-state index is 0.00815. The SMILES string of the molecule is COc1cc(C(=O)NC2CCN(C)CC2)ccc1Nc1ncc(C(F)(F)F)c(NC2CCCC/C2=C/NC(=O)C2CCC2)n1. The third-order valence-corrected chi connectivity index (χ3v) is 8.70. The van der Waals surface area contributed by atoms with Gasteiger partial charge in [-0.2, -0.15) is 18.2 Å². The molecule has 13 heteroatoms. The van der Waals surface area contributed by atoms with E-state index in [1.807, 2.05) is 0 Å². The molecule has 0 radical (unpaired) electrons. The number of hydrogen-bond acceptors (Lipinski definition) is 8. The van der Waals surface area contributed by atoms with Gasteiger partial charge in [-0.05, 0) is 88.9 Å². The molecule has 2 amide bonds. The molecule has 1 saturated heterocycles. The van der Waals surface area contributed by atoms with E-state index in [1.165, 1.54) is 7.11 Å². The normalized spacial score (nSPS) is 20.9. The van der Waals surface area contributed by atoms with E-state index in [1.54, 1.807) is 24.4 Å². The van der Waals surface area contributed by atoms with E-state index < -0.39 is 17.8 Å². The number of nitrogens with one attached hydrogen (secondary N) is 4. The lowest BCUT2D eigenvalue weighted by Crippen LogP contribution is -2.43. The van der Waals surface area contributed by atoms with Crippen LogP contribution in [0, 0.1) is 5.92 Å². The molecule has 3 fully saturated rings. The lowest BCUT2D eigenvalue weighted by molar-refractivity contribution is -0.137. The van der Waals surface area contributed by atoms with Crippen LogP contribution in [0.1, 0.15) is 73.7 Å². The molecule has 2 aromatic rings. The third-order valence-electron chi connectivity index (χ3n) is 8.70. The van der Waals surface area contributed by atoms with Crippen LogP contribution in [0.4, 0.5) is 30.6 Å². The summed E-state index contributed by atoms with van der Waals surface area (Å²) >= 11 is 0. The fraction of sp³-hybridized carbons (Fsp3) is 0.548. The van der Waals surface area contributed by atoms with E-state index in [0.29, 0.717) is 29.8 Å². The van der Waals surface area contributed by atoms with Crippen LogP contribution in [0.2, 0.25) is 0 Å². The molecule has 2 aliphatic carbocycles. The first-order valence-corrected chi connectivity index (χ1v) is 15.2. The Bertz CT molecular complexity index is 1370. The summed E-state index contributed by atoms with van der Waals surface area (Å²) in [7, 11) is 3.50. The summed E-state index contributed by atoms with van der Waals surface area (Å²) in [6.07, 6.45) is 5.20. The van der Waals surface area contributed by atoms with Crippen LogP contribution < -0.4 is 26.0 Å². The van der Waals surface area contributed by atoms with E-state index in [2.05, 4.69) is 43.2 Å². The van der Waals surface area contributed by atoms with Crippen molar-refractivity contribution < 1.29 is 27.5 Å². The van der Waals surface area contributed by atoms with Gasteiger partial charge in [0.2, 0.25) is 11.9 Å². The molecule has 1 aliphatic heterocycles. The topological polar surface area (TPSA) is 121 Å². The zero-order valence-electron chi connectivity index (χ0n) is 25.1. The molecule has 44 heavy (non-hydrogen) atoms. The second-order valence-electron chi connectivity index (χ2n) is 11.8. The number of aromatic nitrogens is 2. The van der Waals surface area contributed by atoms with Gasteiger partial charge in [0, 0.05) is 29.9 Å². The molecule has 10 nitrogen and oxygen atoms in total. The number of amides is 2. The van der Waals surface area contributed by atoms with Crippen molar-refractivity contribution in [1.82, 2.24) is 25.5 Å². The number of likely N-dealkylation sites (tertiary alicyclic amines) is 1.